The van der Waals surface area contributed by atoms with Crippen LogP contribution in [0.1, 0.15) is 19.8 Å². The van der Waals surface area contributed by atoms with Gasteiger partial charge in [-0.05, 0) is 24.8 Å². The molecule has 18 heavy (non-hydrogen) atoms. The average molecular weight is 245 g/mol. The molecule has 7 heteroatoms. The molecule has 0 aromatic carbocycles. The molecule has 3 N–H and O–H groups in total. The molecule has 1 saturated carbocycles. The maximum Gasteiger partial charge on any atom is 0.257 e. The molecule has 0 aliphatic heterocycles. The van der Waals surface area contributed by atoms with Crippen molar-refractivity contribution in [1.29, 1.82) is 0 Å². The Morgan fingerprint density at radius 3 is 2.83 bits per heavy atom. The summed E-state index contributed by atoms with van der Waals surface area (Å²) in [5.41, 5.74) is 5.68. The maximum absolute atomic E-state index is 5.68. The van der Waals surface area contributed by atoms with E-state index in [9.17, 15) is 0 Å². The molecule has 0 bridgehead atoms. The summed E-state index contributed by atoms with van der Waals surface area (Å²) in [7, 11) is 0. The molecule has 1 aliphatic rings. The van der Waals surface area contributed by atoms with Gasteiger partial charge in [0.2, 0.25) is 11.9 Å². The van der Waals surface area contributed by atoms with Crippen LogP contribution in [0.5, 0.6) is 0 Å². The van der Waals surface area contributed by atoms with Crippen LogP contribution in [0.4, 0.5) is 11.9 Å². The van der Waals surface area contributed by atoms with Gasteiger partial charge in [-0.25, -0.2) is 4.68 Å². The van der Waals surface area contributed by atoms with Crippen molar-refractivity contribution in [1.82, 2.24) is 24.7 Å². The lowest BCUT2D eigenvalue weighted by molar-refractivity contribution is 0.308. The van der Waals surface area contributed by atoms with Crippen LogP contribution in [0.2, 0.25) is 0 Å². The lowest BCUT2D eigenvalue weighted by Gasteiger charge is -2.33. The highest BCUT2D eigenvalue weighted by Crippen LogP contribution is 2.28. The summed E-state index contributed by atoms with van der Waals surface area (Å²) in [4.78, 5) is 12.5. The zero-order valence-electron chi connectivity index (χ0n) is 10.1. The SMILES string of the molecule is CC1CC(Nc2nc(N)nc(-n3cccn3)n2)C1. The van der Waals surface area contributed by atoms with Crippen LogP contribution in [-0.2, 0) is 0 Å². The predicted molar refractivity (Wildman–Crippen MR) is 67.2 cm³/mol. The normalized spacial score (nSPS) is 22.5. The molecule has 2 heterocycles. The van der Waals surface area contributed by atoms with Crippen molar-refractivity contribution in [2.75, 3.05) is 11.1 Å². The van der Waals surface area contributed by atoms with Crippen molar-refractivity contribution in [2.24, 2.45) is 5.92 Å². The molecule has 94 valence electrons. The lowest BCUT2D eigenvalue weighted by atomic mass is 9.82. The van der Waals surface area contributed by atoms with Gasteiger partial charge in [-0.15, -0.1) is 0 Å². The Bertz CT molecular complexity index is 530. The smallest absolute Gasteiger partial charge is 0.257 e. The molecule has 0 atom stereocenters. The van der Waals surface area contributed by atoms with E-state index in [4.69, 9.17) is 5.73 Å². The summed E-state index contributed by atoms with van der Waals surface area (Å²) in [6.45, 7) is 2.23. The molecule has 3 rings (SSSR count). The number of hydrogen-bond donors (Lipinski definition) is 2. The standard InChI is InChI=1S/C11H15N7/c1-7-5-8(6-7)14-10-15-9(12)16-11(17-10)18-4-2-3-13-18/h2-4,7-8H,5-6H2,1H3,(H3,12,14,15,16,17). The second-order valence-corrected chi connectivity index (χ2v) is 4.69. The minimum atomic E-state index is 0.199. The zero-order chi connectivity index (χ0) is 12.5. The summed E-state index contributed by atoms with van der Waals surface area (Å²) >= 11 is 0. The van der Waals surface area contributed by atoms with Gasteiger partial charge in [0.1, 0.15) is 0 Å². The number of hydrogen-bond acceptors (Lipinski definition) is 6. The minimum Gasteiger partial charge on any atom is -0.368 e. The third kappa shape index (κ3) is 2.11. The third-order valence-corrected chi connectivity index (χ3v) is 3.06. The monoisotopic (exact) mass is 245 g/mol. The van der Waals surface area contributed by atoms with E-state index in [0.717, 1.165) is 18.8 Å². The molecule has 0 spiro atoms. The molecule has 0 radical (unpaired) electrons. The van der Waals surface area contributed by atoms with Gasteiger partial charge >= 0.3 is 0 Å². The third-order valence-electron chi connectivity index (χ3n) is 3.06. The molecule has 1 aliphatic carbocycles. The zero-order valence-corrected chi connectivity index (χ0v) is 10.1. The number of anilines is 2. The first kappa shape index (κ1) is 10.9. The van der Waals surface area contributed by atoms with Crippen molar-refractivity contribution < 1.29 is 0 Å². The van der Waals surface area contributed by atoms with Crippen molar-refractivity contribution in [3.8, 4) is 5.95 Å². The van der Waals surface area contributed by atoms with Gasteiger partial charge < -0.3 is 11.1 Å². The highest BCUT2D eigenvalue weighted by Gasteiger charge is 2.26. The first-order valence-corrected chi connectivity index (χ1v) is 5.99. The Morgan fingerprint density at radius 1 is 1.33 bits per heavy atom. The van der Waals surface area contributed by atoms with Gasteiger partial charge in [0.15, 0.2) is 0 Å². The van der Waals surface area contributed by atoms with E-state index in [1.54, 1.807) is 23.1 Å². The fraction of sp³-hybridized carbons (Fsp3) is 0.455. The Balaban J connectivity index is 1.82. The van der Waals surface area contributed by atoms with Gasteiger partial charge in [0.25, 0.3) is 5.95 Å². The molecular formula is C11H15N7. The highest BCUT2D eigenvalue weighted by atomic mass is 15.4. The van der Waals surface area contributed by atoms with E-state index in [1.165, 1.54) is 0 Å². The number of nitrogens with zero attached hydrogens (tertiary/aromatic N) is 5. The van der Waals surface area contributed by atoms with E-state index in [0.29, 0.717) is 17.9 Å². The summed E-state index contributed by atoms with van der Waals surface area (Å²) in [6.07, 6.45) is 5.72. The molecule has 7 nitrogen and oxygen atoms in total. The Labute approximate surface area is 104 Å². The predicted octanol–water partition coefficient (Wildman–Crippen LogP) is 0.850. The number of aromatic nitrogens is 5. The highest BCUT2D eigenvalue weighted by molar-refractivity contribution is 5.36. The van der Waals surface area contributed by atoms with Gasteiger partial charge in [-0.1, -0.05) is 6.92 Å². The Kier molecular flexibility index (Phi) is 2.58. The van der Waals surface area contributed by atoms with Crippen LogP contribution < -0.4 is 11.1 Å². The lowest BCUT2D eigenvalue weighted by Crippen LogP contribution is -2.34. The molecule has 1 fully saturated rings. The van der Waals surface area contributed by atoms with E-state index < -0.39 is 0 Å². The van der Waals surface area contributed by atoms with Crippen LogP contribution in [0.25, 0.3) is 5.95 Å². The first-order valence-electron chi connectivity index (χ1n) is 5.99. The van der Waals surface area contributed by atoms with Gasteiger partial charge in [0, 0.05) is 18.4 Å². The summed E-state index contributed by atoms with van der Waals surface area (Å²) in [5.74, 6) is 1.92. The number of nitrogen functional groups attached to an aromatic ring is 1. The molecule has 0 saturated heterocycles. The first-order chi connectivity index (χ1) is 8.70. The second-order valence-electron chi connectivity index (χ2n) is 4.69. The van der Waals surface area contributed by atoms with Gasteiger partial charge in [-0.3, -0.25) is 0 Å². The summed E-state index contributed by atoms with van der Waals surface area (Å²) in [5, 5.41) is 7.34. The molecule has 0 amide bonds. The summed E-state index contributed by atoms with van der Waals surface area (Å²) < 4.78 is 1.56. The Morgan fingerprint density at radius 2 is 2.17 bits per heavy atom. The quantitative estimate of drug-likeness (QED) is 0.832. The molecule has 2 aromatic rings. The van der Waals surface area contributed by atoms with E-state index in [2.05, 4.69) is 32.3 Å². The van der Waals surface area contributed by atoms with Crippen LogP contribution in [0.15, 0.2) is 18.5 Å². The largest absolute Gasteiger partial charge is 0.368 e. The molecule has 2 aromatic heterocycles. The number of rotatable bonds is 3. The average Bonchev–Trinajstić information content (AvgIpc) is 2.79. The second kappa shape index (κ2) is 4.25. The van der Waals surface area contributed by atoms with Crippen molar-refractivity contribution in [2.45, 2.75) is 25.8 Å². The summed E-state index contributed by atoms with van der Waals surface area (Å²) in [6, 6.07) is 2.24. The maximum atomic E-state index is 5.68. The minimum absolute atomic E-state index is 0.199. The fourth-order valence-electron chi connectivity index (χ4n) is 2.14. The van der Waals surface area contributed by atoms with Crippen LogP contribution in [0, 0.1) is 5.92 Å². The topological polar surface area (TPSA) is 94.5 Å². The van der Waals surface area contributed by atoms with Gasteiger partial charge in [-0.2, -0.15) is 20.1 Å². The molecular weight excluding hydrogens is 230 g/mol. The van der Waals surface area contributed by atoms with Crippen molar-refractivity contribution in [3.05, 3.63) is 18.5 Å². The van der Waals surface area contributed by atoms with E-state index in [1.807, 2.05) is 0 Å². The van der Waals surface area contributed by atoms with Crippen LogP contribution in [-0.4, -0.2) is 30.8 Å². The van der Waals surface area contributed by atoms with Crippen LogP contribution >= 0.6 is 0 Å². The Hall–Kier alpha value is -2.18. The molecule has 0 unspecified atom stereocenters. The van der Waals surface area contributed by atoms with E-state index in [-0.39, 0.29) is 5.95 Å². The fourth-order valence-corrected chi connectivity index (χ4v) is 2.14. The van der Waals surface area contributed by atoms with Gasteiger partial charge in [0.05, 0.1) is 0 Å². The van der Waals surface area contributed by atoms with Crippen molar-refractivity contribution in [3.63, 3.8) is 0 Å². The van der Waals surface area contributed by atoms with E-state index >= 15 is 0 Å². The van der Waals surface area contributed by atoms with Crippen molar-refractivity contribution >= 4 is 11.9 Å². The number of nitrogens with one attached hydrogen (secondary N) is 1. The number of nitrogens with two attached hydrogens (primary N) is 1. The van der Waals surface area contributed by atoms with Crippen LogP contribution in [0.3, 0.4) is 0 Å².